The number of hydrogen-bond acceptors (Lipinski definition) is 2. The lowest BCUT2D eigenvalue weighted by Gasteiger charge is -2.30. The number of nitrogens with one attached hydrogen (secondary N) is 1. The molecule has 2 amide bonds. The van der Waals surface area contributed by atoms with Crippen molar-refractivity contribution in [3.8, 4) is 0 Å². The number of carbonyl (C=O) groups excluding carboxylic acids is 2. The average molecular weight is 268 g/mol. The summed E-state index contributed by atoms with van der Waals surface area (Å²) in [5, 5.41) is 2.35. The van der Waals surface area contributed by atoms with Gasteiger partial charge in [0.15, 0.2) is 0 Å². The molecule has 1 aromatic carbocycles. The molecule has 0 radical (unpaired) electrons. The molecule has 1 aromatic rings. The third-order valence-electron chi connectivity index (χ3n) is 2.69. The van der Waals surface area contributed by atoms with Gasteiger partial charge in [0.05, 0.1) is 5.41 Å². The van der Waals surface area contributed by atoms with Gasteiger partial charge >= 0.3 is 0 Å². The van der Waals surface area contributed by atoms with Gasteiger partial charge in [-0.2, -0.15) is 0 Å². The van der Waals surface area contributed by atoms with E-state index in [1.807, 2.05) is 26.0 Å². The molecule has 78 valence electrons. The second kappa shape index (κ2) is 3.17. The highest BCUT2D eigenvalue weighted by Crippen LogP contribution is 2.31. The maximum Gasteiger partial charge on any atom is 0.258 e. The zero-order valence-corrected chi connectivity index (χ0v) is 10.0. The van der Waals surface area contributed by atoms with Crippen molar-refractivity contribution in [2.45, 2.75) is 19.3 Å². The first kappa shape index (κ1) is 10.4. The molecule has 0 aromatic heterocycles. The van der Waals surface area contributed by atoms with Gasteiger partial charge in [-0.3, -0.25) is 14.9 Å². The second-order valence-corrected chi connectivity index (χ2v) is 5.01. The fourth-order valence-corrected chi connectivity index (χ4v) is 2.06. The van der Waals surface area contributed by atoms with Gasteiger partial charge in [-0.05, 0) is 31.5 Å². The lowest BCUT2D eigenvalue weighted by atomic mass is 9.78. The van der Waals surface area contributed by atoms with Crippen molar-refractivity contribution in [1.29, 1.82) is 0 Å². The van der Waals surface area contributed by atoms with E-state index in [1.54, 1.807) is 6.07 Å². The van der Waals surface area contributed by atoms with Crippen LogP contribution in [0.15, 0.2) is 22.7 Å². The molecule has 0 bridgehead atoms. The van der Waals surface area contributed by atoms with E-state index in [1.165, 1.54) is 0 Å². The predicted molar refractivity (Wildman–Crippen MR) is 59.6 cm³/mol. The maximum atomic E-state index is 11.6. The van der Waals surface area contributed by atoms with Gasteiger partial charge in [0.2, 0.25) is 5.91 Å². The fraction of sp³-hybridized carbons (Fsp3) is 0.273. The topological polar surface area (TPSA) is 46.2 Å². The van der Waals surface area contributed by atoms with Crippen LogP contribution in [0.3, 0.4) is 0 Å². The van der Waals surface area contributed by atoms with Crippen LogP contribution in [0.1, 0.15) is 29.8 Å². The van der Waals surface area contributed by atoms with Gasteiger partial charge < -0.3 is 0 Å². The highest BCUT2D eigenvalue weighted by Gasteiger charge is 2.38. The Kier molecular flexibility index (Phi) is 2.19. The van der Waals surface area contributed by atoms with E-state index in [2.05, 4.69) is 21.2 Å². The van der Waals surface area contributed by atoms with Crippen molar-refractivity contribution in [2.75, 3.05) is 0 Å². The number of fused-ring (bicyclic) bond motifs is 1. The molecule has 0 unspecified atom stereocenters. The van der Waals surface area contributed by atoms with Crippen LogP contribution in [0.2, 0.25) is 0 Å². The Hall–Kier alpha value is -1.16. The molecule has 0 saturated carbocycles. The molecule has 1 N–H and O–H groups in total. The van der Waals surface area contributed by atoms with Gasteiger partial charge in [-0.15, -0.1) is 0 Å². The fourth-order valence-electron chi connectivity index (χ4n) is 1.70. The SMILES string of the molecule is CC1(C)C(=O)NC(=O)c2cc(Br)ccc21. The van der Waals surface area contributed by atoms with Gasteiger partial charge in [-0.25, -0.2) is 0 Å². The van der Waals surface area contributed by atoms with Gasteiger partial charge in [0.1, 0.15) is 0 Å². The zero-order chi connectivity index (χ0) is 11.2. The average Bonchev–Trinajstić information content (AvgIpc) is 2.15. The normalized spacial score (nSPS) is 18.3. The first-order chi connectivity index (χ1) is 6.93. The van der Waals surface area contributed by atoms with Crippen LogP contribution >= 0.6 is 15.9 Å². The van der Waals surface area contributed by atoms with E-state index in [4.69, 9.17) is 0 Å². The van der Waals surface area contributed by atoms with Crippen LogP contribution in [0.4, 0.5) is 0 Å². The molecule has 4 heteroatoms. The molecular weight excluding hydrogens is 258 g/mol. The third-order valence-corrected chi connectivity index (χ3v) is 3.19. The van der Waals surface area contributed by atoms with E-state index in [0.29, 0.717) is 5.56 Å². The Morgan fingerprint density at radius 3 is 2.60 bits per heavy atom. The largest absolute Gasteiger partial charge is 0.292 e. The molecular formula is C11H10BrNO2. The monoisotopic (exact) mass is 267 g/mol. The van der Waals surface area contributed by atoms with Crippen molar-refractivity contribution in [3.05, 3.63) is 33.8 Å². The lowest BCUT2D eigenvalue weighted by Crippen LogP contribution is -2.48. The molecule has 0 spiro atoms. The number of rotatable bonds is 0. The standard InChI is InChI=1S/C11H10BrNO2/c1-11(2)8-4-3-6(12)5-7(8)9(14)13-10(11)15/h3-5H,1-2H3,(H,13,14,15). The summed E-state index contributed by atoms with van der Waals surface area (Å²) < 4.78 is 0.835. The number of hydrogen-bond donors (Lipinski definition) is 1. The van der Waals surface area contributed by atoms with Gasteiger partial charge in [0, 0.05) is 10.0 Å². The van der Waals surface area contributed by atoms with Crippen LogP contribution < -0.4 is 5.32 Å². The Morgan fingerprint density at radius 2 is 1.93 bits per heavy atom. The molecule has 15 heavy (non-hydrogen) atoms. The smallest absolute Gasteiger partial charge is 0.258 e. The van der Waals surface area contributed by atoms with E-state index >= 15 is 0 Å². The van der Waals surface area contributed by atoms with Crippen molar-refractivity contribution < 1.29 is 9.59 Å². The zero-order valence-electron chi connectivity index (χ0n) is 8.43. The van der Waals surface area contributed by atoms with E-state index < -0.39 is 5.41 Å². The Labute approximate surface area is 96.0 Å². The molecule has 0 fully saturated rings. The molecule has 3 nitrogen and oxygen atoms in total. The van der Waals surface area contributed by atoms with Gasteiger partial charge in [-0.1, -0.05) is 22.0 Å². The number of carbonyl (C=O) groups is 2. The van der Waals surface area contributed by atoms with E-state index in [-0.39, 0.29) is 11.8 Å². The van der Waals surface area contributed by atoms with Crippen LogP contribution in [-0.2, 0) is 10.2 Å². The Bertz CT molecular complexity index is 466. The Balaban J connectivity index is 2.70. The summed E-state index contributed by atoms with van der Waals surface area (Å²) in [6.45, 7) is 3.61. The summed E-state index contributed by atoms with van der Waals surface area (Å²) in [5.74, 6) is -0.571. The summed E-state index contributed by atoms with van der Waals surface area (Å²) in [6.07, 6.45) is 0. The van der Waals surface area contributed by atoms with Crippen molar-refractivity contribution in [3.63, 3.8) is 0 Å². The van der Waals surface area contributed by atoms with Crippen LogP contribution in [0.5, 0.6) is 0 Å². The molecule has 1 heterocycles. The van der Waals surface area contributed by atoms with E-state index in [0.717, 1.165) is 10.0 Å². The number of imide groups is 1. The van der Waals surface area contributed by atoms with Crippen LogP contribution in [0.25, 0.3) is 0 Å². The minimum absolute atomic E-state index is 0.248. The van der Waals surface area contributed by atoms with Crippen LogP contribution in [0, 0.1) is 0 Å². The summed E-state index contributed by atoms with van der Waals surface area (Å²) in [5.41, 5.74) is 0.692. The summed E-state index contributed by atoms with van der Waals surface area (Å²) in [6, 6.07) is 5.39. The molecule has 2 rings (SSSR count). The molecule has 0 aliphatic carbocycles. The molecule has 1 aliphatic rings. The quantitative estimate of drug-likeness (QED) is 0.731. The van der Waals surface area contributed by atoms with Gasteiger partial charge in [0.25, 0.3) is 5.91 Å². The van der Waals surface area contributed by atoms with E-state index in [9.17, 15) is 9.59 Å². The highest BCUT2D eigenvalue weighted by atomic mass is 79.9. The number of amides is 2. The summed E-state index contributed by atoms with van der Waals surface area (Å²) in [7, 11) is 0. The van der Waals surface area contributed by atoms with Crippen molar-refractivity contribution in [2.24, 2.45) is 0 Å². The minimum Gasteiger partial charge on any atom is -0.292 e. The van der Waals surface area contributed by atoms with Crippen molar-refractivity contribution >= 4 is 27.7 Å². The number of halogens is 1. The summed E-state index contributed by atoms with van der Waals surface area (Å²) >= 11 is 3.31. The number of benzene rings is 1. The summed E-state index contributed by atoms with van der Waals surface area (Å²) in [4.78, 5) is 23.2. The lowest BCUT2D eigenvalue weighted by molar-refractivity contribution is -0.125. The molecule has 0 atom stereocenters. The second-order valence-electron chi connectivity index (χ2n) is 4.10. The first-order valence-corrected chi connectivity index (χ1v) is 5.38. The predicted octanol–water partition coefficient (Wildman–Crippen LogP) is 2.00. The molecule has 0 saturated heterocycles. The highest BCUT2D eigenvalue weighted by molar-refractivity contribution is 9.10. The van der Waals surface area contributed by atoms with Crippen molar-refractivity contribution in [1.82, 2.24) is 5.32 Å². The Morgan fingerprint density at radius 1 is 1.27 bits per heavy atom. The third kappa shape index (κ3) is 1.49. The maximum absolute atomic E-state index is 11.6. The minimum atomic E-state index is -0.649. The van der Waals surface area contributed by atoms with Crippen LogP contribution in [-0.4, -0.2) is 11.8 Å². The molecule has 1 aliphatic heterocycles. The first-order valence-electron chi connectivity index (χ1n) is 4.59.